The second-order valence-corrected chi connectivity index (χ2v) is 6.86. The molecule has 1 unspecified atom stereocenters. The molecule has 2 nitrogen and oxygen atoms in total. The maximum atomic E-state index is 5.79. The molecule has 1 aromatic carbocycles. The van der Waals surface area contributed by atoms with E-state index in [0.717, 1.165) is 12.3 Å². The van der Waals surface area contributed by atoms with Gasteiger partial charge in [0.2, 0.25) is 0 Å². The molecule has 1 fully saturated rings. The SMILES string of the molecule is Cc1cccc(C(CCC2CCCCC2)NN)c1I. The van der Waals surface area contributed by atoms with Gasteiger partial charge in [-0.25, -0.2) is 0 Å². The van der Waals surface area contributed by atoms with E-state index >= 15 is 0 Å². The number of hydrogen-bond acceptors (Lipinski definition) is 2. The molecule has 0 spiro atoms. The molecule has 0 saturated heterocycles. The van der Waals surface area contributed by atoms with Crippen LogP contribution in [0.3, 0.4) is 0 Å². The highest BCUT2D eigenvalue weighted by molar-refractivity contribution is 14.1. The molecule has 106 valence electrons. The van der Waals surface area contributed by atoms with Crippen molar-refractivity contribution >= 4 is 22.6 Å². The van der Waals surface area contributed by atoms with Crippen molar-refractivity contribution in [3.63, 3.8) is 0 Å². The predicted molar refractivity (Wildman–Crippen MR) is 89.8 cm³/mol. The third-order valence-corrected chi connectivity index (χ3v) is 5.86. The number of rotatable bonds is 5. The summed E-state index contributed by atoms with van der Waals surface area (Å²) in [5.74, 6) is 6.71. The van der Waals surface area contributed by atoms with Crippen LogP contribution in [0.1, 0.15) is 62.1 Å². The van der Waals surface area contributed by atoms with Gasteiger partial charge in [-0.1, -0.05) is 50.3 Å². The van der Waals surface area contributed by atoms with Gasteiger partial charge in [-0.15, -0.1) is 0 Å². The van der Waals surface area contributed by atoms with Crippen LogP contribution in [0.5, 0.6) is 0 Å². The largest absolute Gasteiger partial charge is 0.271 e. The fourth-order valence-corrected chi connectivity index (χ4v) is 3.88. The number of nitrogens with one attached hydrogen (secondary N) is 1. The molecule has 0 amide bonds. The second-order valence-electron chi connectivity index (χ2n) is 5.78. The fraction of sp³-hybridized carbons (Fsp3) is 0.625. The summed E-state index contributed by atoms with van der Waals surface area (Å²) in [4.78, 5) is 0. The third-order valence-electron chi connectivity index (χ3n) is 4.39. The van der Waals surface area contributed by atoms with Gasteiger partial charge in [-0.05, 0) is 59.4 Å². The van der Waals surface area contributed by atoms with Crippen molar-refractivity contribution in [1.82, 2.24) is 5.43 Å². The topological polar surface area (TPSA) is 38.0 Å². The molecule has 3 heteroatoms. The Morgan fingerprint density at radius 1 is 1.32 bits per heavy atom. The van der Waals surface area contributed by atoms with Crippen molar-refractivity contribution in [3.05, 3.63) is 32.9 Å². The molecule has 1 aromatic rings. The average Bonchev–Trinajstić information content (AvgIpc) is 2.45. The Bertz CT molecular complexity index is 400. The second kappa shape index (κ2) is 7.60. The maximum Gasteiger partial charge on any atom is 0.0470 e. The number of aryl methyl sites for hydroxylation is 1. The van der Waals surface area contributed by atoms with Crippen LogP contribution in [0.4, 0.5) is 0 Å². The Balaban J connectivity index is 1.97. The van der Waals surface area contributed by atoms with Gasteiger partial charge in [0.15, 0.2) is 0 Å². The van der Waals surface area contributed by atoms with E-state index < -0.39 is 0 Å². The molecular formula is C16H25IN2. The molecule has 0 aromatic heterocycles. The van der Waals surface area contributed by atoms with Crippen molar-refractivity contribution in [2.45, 2.75) is 57.9 Å². The number of halogens is 1. The van der Waals surface area contributed by atoms with Crippen LogP contribution in [-0.4, -0.2) is 0 Å². The molecule has 1 saturated carbocycles. The summed E-state index contributed by atoms with van der Waals surface area (Å²) in [5, 5.41) is 0. The van der Waals surface area contributed by atoms with Gasteiger partial charge >= 0.3 is 0 Å². The van der Waals surface area contributed by atoms with Crippen LogP contribution in [0.15, 0.2) is 18.2 Å². The quantitative estimate of drug-likeness (QED) is 0.455. The van der Waals surface area contributed by atoms with Crippen molar-refractivity contribution in [1.29, 1.82) is 0 Å². The van der Waals surface area contributed by atoms with Crippen molar-refractivity contribution in [2.24, 2.45) is 11.8 Å². The van der Waals surface area contributed by atoms with Crippen LogP contribution in [-0.2, 0) is 0 Å². The van der Waals surface area contributed by atoms with Gasteiger partial charge in [0, 0.05) is 9.61 Å². The lowest BCUT2D eigenvalue weighted by molar-refractivity contribution is 0.314. The minimum atomic E-state index is 0.300. The average molecular weight is 372 g/mol. The first-order valence-corrected chi connectivity index (χ1v) is 8.51. The molecule has 3 N–H and O–H groups in total. The number of hydrogen-bond donors (Lipinski definition) is 2. The first-order chi connectivity index (χ1) is 9.22. The highest BCUT2D eigenvalue weighted by Gasteiger charge is 2.18. The van der Waals surface area contributed by atoms with Crippen molar-refractivity contribution in [2.75, 3.05) is 0 Å². The lowest BCUT2D eigenvalue weighted by Crippen LogP contribution is -2.29. The van der Waals surface area contributed by atoms with Gasteiger partial charge in [0.1, 0.15) is 0 Å². The molecule has 1 aliphatic rings. The van der Waals surface area contributed by atoms with Crippen molar-refractivity contribution < 1.29 is 0 Å². The van der Waals surface area contributed by atoms with E-state index in [1.165, 1.54) is 53.2 Å². The molecular weight excluding hydrogens is 347 g/mol. The Kier molecular flexibility index (Phi) is 6.10. The highest BCUT2D eigenvalue weighted by atomic mass is 127. The predicted octanol–water partition coefficient (Wildman–Crippen LogP) is 4.46. The van der Waals surface area contributed by atoms with E-state index in [-0.39, 0.29) is 0 Å². The summed E-state index contributed by atoms with van der Waals surface area (Å²) in [7, 11) is 0. The summed E-state index contributed by atoms with van der Waals surface area (Å²) < 4.78 is 1.35. The van der Waals surface area contributed by atoms with E-state index in [4.69, 9.17) is 5.84 Å². The lowest BCUT2D eigenvalue weighted by atomic mass is 9.84. The molecule has 0 heterocycles. The smallest absolute Gasteiger partial charge is 0.0470 e. The van der Waals surface area contributed by atoms with Crippen LogP contribution in [0.2, 0.25) is 0 Å². The minimum Gasteiger partial charge on any atom is -0.271 e. The first kappa shape index (κ1) is 15.3. The number of benzene rings is 1. The van der Waals surface area contributed by atoms with Gasteiger partial charge in [-0.3, -0.25) is 11.3 Å². The standard InChI is InChI=1S/C16H25IN2/c1-12-6-5-9-14(16(12)17)15(19-18)11-10-13-7-3-2-4-8-13/h5-6,9,13,15,19H,2-4,7-8,10-11,18H2,1H3. The lowest BCUT2D eigenvalue weighted by Gasteiger charge is -2.25. The fourth-order valence-electron chi connectivity index (χ4n) is 3.15. The Labute approximate surface area is 130 Å². The maximum absolute atomic E-state index is 5.79. The summed E-state index contributed by atoms with van der Waals surface area (Å²) >= 11 is 2.44. The third kappa shape index (κ3) is 4.17. The zero-order valence-electron chi connectivity index (χ0n) is 11.8. The van der Waals surface area contributed by atoms with Gasteiger partial charge < -0.3 is 0 Å². The zero-order valence-corrected chi connectivity index (χ0v) is 13.9. The number of nitrogens with two attached hydrogens (primary N) is 1. The minimum absolute atomic E-state index is 0.300. The summed E-state index contributed by atoms with van der Waals surface area (Å²) in [6.07, 6.45) is 9.58. The monoisotopic (exact) mass is 372 g/mol. The van der Waals surface area contributed by atoms with E-state index in [1.807, 2.05) is 0 Å². The van der Waals surface area contributed by atoms with E-state index in [9.17, 15) is 0 Å². The van der Waals surface area contributed by atoms with E-state index in [0.29, 0.717) is 6.04 Å². The Morgan fingerprint density at radius 3 is 2.74 bits per heavy atom. The summed E-state index contributed by atoms with van der Waals surface area (Å²) in [6.45, 7) is 2.17. The molecule has 0 bridgehead atoms. The van der Waals surface area contributed by atoms with Crippen LogP contribution in [0.25, 0.3) is 0 Å². The number of hydrazine groups is 1. The Morgan fingerprint density at radius 2 is 2.05 bits per heavy atom. The first-order valence-electron chi connectivity index (χ1n) is 7.43. The molecule has 1 atom stereocenters. The molecule has 1 aliphatic carbocycles. The van der Waals surface area contributed by atoms with Gasteiger partial charge in [0.25, 0.3) is 0 Å². The van der Waals surface area contributed by atoms with Crippen LogP contribution >= 0.6 is 22.6 Å². The molecule has 0 radical (unpaired) electrons. The summed E-state index contributed by atoms with van der Waals surface area (Å²) in [6, 6.07) is 6.81. The zero-order chi connectivity index (χ0) is 13.7. The summed E-state index contributed by atoms with van der Waals surface area (Å²) in [5.41, 5.74) is 5.72. The molecule has 0 aliphatic heterocycles. The van der Waals surface area contributed by atoms with Gasteiger partial charge in [0.05, 0.1) is 0 Å². The van der Waals surface area contributed by atoms with Crippen molar-refractivity contribution in [3.8, 4) is 0 Å². The van der Waals surface area contributed by atoms with Gasteiger partial charge in [-0.2, -0.15) is 0 Å². The van der Waals surface area contributed by atoms with E-state index in [1.54, 1.807) is 0 Å². The normalized spacial score (nSPS) is 18.5. The highest BCUT2D eigenvalue weighted by Crippen LogP contribution is 2.31. The van der Waals surface area contributed by atoms with Crippen LogP contribution in [0, 0.1) is 16.4 Å². The Hall–Kier alpha value is -0.130. The molecule has 19 heavy (non-hydrogen) atoms. The van der Waals surface area contributed by atoms with E-state index in [2.05, 4.69) is 53.1 Å². The van der Waals surface area contributed by atoms with Crippen LogP contribution < -0.4 is 11.3 Å². The molecule has 2 rings (SSSR count).